The molecule has 4 nitrogen and oxygen atoms in total. The summed E-state index contributed by atoms with van der Waals surface area (Å²) in [6, 6.07) is 0. The Kier molecular flexibility index (Phi) is 9.00. The Balaban J connectivity index is 3.43. The van der Waals surface area contributed by atoms with Crippen LogP contribution in [0.1, 0.15) is 12.8 Å². The van der Waals surface area contributed by atoms with E-state index in [2.05, 4.69) is 30.9 Å². The van der Waals surface area contributed by atoms with Gasteiger partial charge >= 0.3 is 0 Å². The van der Waals surface area contributed by atoms with E-state index in [4.69, 9.17) is 10.5 Å². The van der Waals surface area contributed by atoms with Crippen molar-refractivity contribution < 1.29 is 4.74 Å². The van der Waals surface area contributed by atoms with Crippen molar-refractivity contribution in [2.24, 2.45) is 5.73 Å². The summed E-state index contributed by atoms with van der Waals surface area (Å²) >= 11 is 0. The van der Waals surface area contributed by atoms with Gasteiger partial charge < -0.3 is 20.3 Å². The summed E-state index contributed by atoms with van der Waals surface area (Å²) in [5.41, 5.74) is 5.56. The zero-order valence-electron chi connectivity index (χ0n) is 10.7. The molecule has 0 aliphatic heterocycles. The van der Waals surface area contributed by atoms with Crippen LogP contribution in [0.15, 0.2) is 0 Å². The molecule has 1 unspecified atom stereocenters. The average molecular weight is 217 g/mol. The van der Waals surface area contributed by atoms with Gasteiger partial charge in [0.1, 0.15) is 0 Å². The zero-order valence-corrected chi connectivity index (χ0v) is 10.7. The van der Waals surface area contributed by atoms with Crippen molar-refractivity contribution in [2.45, 2.75) is 18.9 Å². The Bertz CT molecular complexity index is 138. The van der Waals surface area contributed by atoms with Crippen LogP contribution in [0.2, 0.25) is 0 Å². The third-order valence-electron chi connectivity index (χ3n) is 2.57. The van der Waals surface area contributed by atoms with Crippen LogP contribution in [0.5, 0.6) is 0 Å². The van der Waals surface area contributed by atoms with Crippen molar-refractivity contribution in [1.29, 1.82) is 0 Å². The number of ether oxygens (including phenoxy) is 1. The van der Waals surface area contributed by atoms with Crippen LogP contribution in [-0.4, -0.2) is 70.3 Å². The third-order valence-corrected chi connectivity index (χ3v) is 2.57. The first-order chi connectivity index (χ1) is 7.10. The summed E-state index contributed by atoms with van der Waals surface area (Å²) in [4.78, 5) is 4.55. The lowest BCUT2D eigenvalue weighted by molar-refractivity contribution is 0.0923. The van der Waals surface area contributed by atoms with E-state index in [9.17, 15) is 0 Å². The molecule has 0 aliphatic carbocycles. The second-order valence-electron chi connectivity index (χ2n) is 4.34. The van der Waals surface area contributed by atoms with E-state index in [-0.39, 0.29) is 6.10 Å². The molecule has 2 N–H and O–H groups in total. The SMILES string of the molecule is COC(CN)CCN(C)CCCN(C)C. The minimum Gasteiger partial charge on any atom is -0.380 e. The molecule has 1 atom stereocenters. The van der Waals surface area contributed by atoms with E-state index in [1.807, 2.05) is 0 Å². The molecule has 0 aromatic carbocycles. The average Bonchev–Trinajstić information content (AvgIpc) is 2.18. The smallest absolute Gasteiger partial charge is 0.0705 e. The molecular formula is C11H27N3O. The van der Waals surface area contributed by atoms with E-state index in [1.165, 1.54) is 6.42 Å². The lowest BCUT2D eigenvalue weighted by Gasteiger charge is -2.20. The van der Waals surface area contributed by atoms with Crippen LogP contribution in [0.3, 0.4) is 0 Å². The van der Waals surface area contributed by atoms with Crippen LogP contribution in [0.25, 0.3) is 0 Å². The van der Waals surface area contributed by atoms with Gasteiger partial charge in [-0.25, -0.2) is 0 Å². The number of hydrogen-bond donors (Lipinski definition) is 1. The molecule has 0 radical (unpaired) electrons. The van der Waals surface area contributed by atoms with Gasteiger partial charge in [-0.1, -0.05) is 0 Å². The molecular weight excluding hydrogens is 190 g/mol. The minimum atomic E-state index is 0.210. The number of methoxy groups -OCH3 is 1. The van der Waals surface area contributed by atoms with Gasteiger partial charge in [0.25, 0.3) is 0 Å². The summed E-state index contributed by atoms with van der Waals surface area (Å²) in [6.45, 7) is 3.96. The Morgan fingerprint density at radius 1 is 1.13 bits per heavy atom. The van der Waals surface area contributed by atoms with Crippen molar-refractivity contribution in [3.63, 3.8) is 0 Å². The van der Waals surface area contributed by atoms with E-state index < -0.39 is 0 Å². The molecule has 0 aromatic rings. The number of rotatable bonds is 9. The Morgan fingerprint density at radius 3 is 2.27 bits per heavy atom. The molecule has 0 bridgehead atoms. The number of nitrogens with zero attached hydrogens (tertiary/aromatic N) is 2. The molecule has 4 heteroatoms. The van der Waals surface area contributed by atoms with Gasteiger partial charge in [0.2, 0.25) is 0 Å². The zero-order chi connectivity index (χ0) is 11.7. The van der Waals surface area contributed by atoms with E-state index in [0.717, 1.165) is 26.1 Å². The van der Waals surface area contributed by atoms with Gasteiger partial charge in [-0.2, -0.15) is 0 Å². The van der Waals surface area contributed by atoms with E-state index in [1.54, 1.807) is 7.11 Å². The summed E-state index contributed by atoms with van der Waals surface area (Å²) in [5.74, 6) is 0. The molecule has 0 saturated carbocycles. The molecule has 0 spiro atoms. The molecule has 0 aliphatic rings. The molecule has 0 saturated heterocycles. The van der Waals surface area contributed by atoms with Crippen molar-refractivity contribution in [3.05, 3.63) is 0 Å². The van der Waals surface area contributed by atoms with E-state index >= 15 is 0 Å². The highest BCUT2D eigenvalue weighted by atomic mass is 16.5. The van der Waals surface area contributed by atoms with Gasteiger partial charge in [0.15, 0.2) is 0 Å². The van der Waals surface area contributed by atoms with E-state index in [0.29, 0.717) is 6.54 Å². The third kappa shape index (κ3) is 8.81. The lowest BCUT2D eigenvalue weighted by Crippen LogP contribution is -2.30. The van der Waals surface area contributed by atoms with Crippen LogP contribution < -0.4 is 5.73 Å². The molecule has 0 aromatic heterocycles. The standard InChI is InChI=1S/C11H27N3O/c1-13(2)7-5-8-14(3)9-6-11(10-12)15-4/h11H,5-10,12H2,1-4H3. The van der Waals surface area contributed by atoms with Gasteiger partial charge in [0.05, 0.1) is 6.10 Å². The first kappa shape index (κ1) is 14.8. The highest BCUT2D eigenvalue weighted by Crippen LogP contribution is 1.98. The van der Waals surface area contributed by atoms with Crippen molar-refractivity contribution in [3.8, 4) is 0 Å². The fourth-order valence-corrected chi connectivity index (χ4v) is 1.46. The van der Waals surface area contributed by atoms with Crippen LogP contribution >= 0.6 is 0 Å². The minimum absolute atomic E-state index is 0.210. The molecule has 0 rings (SSSR count). The largest absolute Gasteiger partial charge is 0.380 e. The summed E-state index contributed by atoms with van der Waals surface area (Å²) in [7, 11) is 8.09. The summed E-state index contributed by atoms with van der Waals surface area (Å²) < 4.78 is 5.23. The second-order valence-corrected chi connectivity index (χ2v) is 4.34. The maximum Gasteiger partial charge on any atom is 0.0705 e. The Hall–Kier alpha value is -0.160. The predicted octanol–water partition coefficient (Wildman–Crippen LogP) is 0.234. The summed E-state index contributed by atoms with van der Waals surface area (Å²) in [5, 5.41) is 0. The quantitative estimate of drug-likeness (QED) is 0.600. The number of hydrogen-bond acceptors (Lipinski definition) is 4. The van der Waals surface area contributed by atoms with Gasteiger partial charge in [-0.15, -0.1) is 0 Å². The van der Waals surface area contributed by atoms with Crippen molar-refractivity contribution >= 4 is 0 Å². The lowest BCUT2D eigenvalue weighted by atomic mass is 10.2. The normalized spacial score (nSPS) is 13.8. The molecule has 0 amide bonds. The molecule has 0 fully saturated rings. The first-order valence-electron chi connectivity index (χ1n) is 5.66. The fraction of sp³-hybridized carbons (Fsp3) is 1.00. The Labute approximate surface area is 94.4 Å². The van der Waals surface area contributed by atoms with Gasteiger partial charge in [-0.05, 0) is 47.1 Å². The van der Waals surface area contributed by atoms with Crippen LogP contribution in [0, 0.1) is 0 Å². The van der Waals surface area contributed by atoms with Gasteiger partial charge in [-0.3, -0.25) is 0 Å². The fourth-order valence-electron chi connectivity index (χ4n) is 1.46. The maximum absolute atomic E-state index is 5.56. The molecule has 15 heavy (non-hydrogen) atoms. The predicted molar refractivity (Wildman–Crippen MR) is 65.1 cm³/mol. The highest BCUT2D eigenvalue weighted by molar-refractivity contribution is 4.62. The maximum atomic E-state index is 5.56. The molecule has 92 valence electrons. The Morgan fingerprint density at radius 2 is 1.80 bits per heavy atom. The first-order valence-corrected chi connectivity index (χ1v) is 5.66. The number of nitrogens with two attached hydrogens (primary N) is 1. The van der Waals surface area contributed by atoms with Crippen molar-refractivity contribution in [1.82, 2.24) is 9.80 Å². The molecule has 0 heterocycles. The topological polar surface area (TPSA) is 41.7 Å². The van der Waals surface area contributed by atoms with Gasteiger partial charge in [0, 0.05) is 20.2 Å². The summed E-state index contributed by atoms with van der Waals surface area (Å²) in [6.07, 6.45) is 2.44. The van der Waals surface area contributed by atoms with Crippen LogP contribution in [0.4, 0.5) is 0 Å². The highest BCUT2D eigenvalue weighted by Gasteiger charge is 2.06. The monoisotopic (exact) mass is 217 g/mol. The second kappa shape index (κ2) is 9.09. The van der Waals surface area contributed by atoms with Crippen molar-refractivity contribution in [2.75, 3.05) is 54.4 Å². The van der Waals surface area contributed by atoms with Crippen LogP contribution in [-0.2, 0) is 4.74 Å².